The third-order valence-corrected chi connectivity index (χ3v) is 3.67. The zero-order valence-corrected chi connectivity index (χ0v) is 12.3. The van der Waals surface area contributed by atoms with Crippen LogP contribution < -0.4 is 5.32 Å². The zero-order chi connectivity index (χ0) is 14.5. The largest absolute Gasteiger partial charge is 0.381 e. The number of nitro groups is 1. The molecule has 20 heavy (non-hydrogen) atoms. The normalized spacial score (nSPS) is 17.7. The summed E-state index contributed by atoms with van der Waals surface area (Å²) in [6.45, 7) is 7.33. The SMILES string of the molecule is Cc1cc(NC(C)CN2CCCCC2)cc([N+](=O)[O-])c1. The first-order valence-electron chi connectivity index (χ1n) is 7.29. The topological polar surface area (TPSA) is 58.4 Å². The van der Waals surface area contributed by atoms with Crippen LogP contribution in [0.3, 0.4) is 0 Å². The molecule has 1 atom stereocenters. The van der Waals surface area contributed by atoms with Crippen LogP contribution in [-0.4, -0.2) is 35.5 Å². The highest BCUT2D eigenvalue weighted by molar-refractivity contribution is 5.54. The molecule has 5 nitrogen and oxygen atoms in total. The van der Waals surface area contributed by atoms with Gasteiger partial charge in [-0.15, -0.1) is 0 Å². The summed E-state index contributed by atoms with van der Waals surface area (Å²) < 4.78 is 0. The molecule has 2 rings (SSSR count). The first kappa shape index (κ1) is 14.8. The molecular formula is C15H23N3O2. The molecule has 1 N–H and O–H groups in total. The van der Waals surface area contributed by atoms with E-state index in [0.717, 1.165) is 17.8 Å². The maximum absolute atomic E-state index is 10.9. The monoisotopic (exact) mass is 277 g/mol. The Hall–Kier alpha value is -1.62. The van der Waals surface area contributed by atoms with E-state index in [0.29, 0.717) is 0 Å². The second-order valence-corrected chi connectivity index (χ2v) is 5.72. The van der Waals surface area contributed by atoms with E-state index in [1.165, 1.54) is 32.4 Å². The van der Waals surface area contributed by atoms with Gasteiger partial charge in [-0.3, -0.25) is 10.1 Å². The van der Waals surface area contributed by atoms with Gasteiger partial charge in [0.2, 0.25) is 0 Å². The smallest absolute Gasteiger partial charge is 0.271 e. The highest BCUT2D eigenvalue weighted by Crippen LogP contribution is 2.21. The van der Waals surface area contributed by atoms with Gasteiger partial charge in [-0.1, -0.05) is 6.42 Å². The summed E-state index contributed by atoms with van der Waals surface area (Å²) in [6.07, 6.45) is 3.90. The summed E-state index contributed by atoms with van der Waals surface area (Å²) >= 11 is 0. The summed E-state index contributed by atoms with van der Waals surface area (Å²) in [6, 6.07) is 5.45. The molecule has 0 radical (unpaired) electrons. The number of rotatable bonds is 5. The Bertz CT molecular complexity index is 470. The van der Waals surface area contributed by atoms with Crippen molar-refractivity contribution in [2.75, 3.05) is 25.0 Å². The molecule has 0 bridgehead atoms. The van der Waals surface area contributed by atoms with Crippen LogP contribution in [0.2, 0.25) is 0 Å². The highest BCUT2D eigenvalue weighted by Gasteiger charge is 2.14. The van der Waals surface area contributed by atoms with Crippen LogP contribution in [0.25, 0.3) is 0 Å². The Morgan fingerprint density at radius 1 is 1.30 bits per heavy atom. The van der Waals surface area contributed by atoms with E-state index in [1.54, 1.807) is 12.1 Å². The van der Waals surface area contributed by atoms with Crippen molar-refractivity contribution in [3.8, 4) is 0 Å². The lowest BCUT2D eigenvalue weighted by Gasteiger charge is -2.29. The van der Waals surface area contributed by atoms with Gasteiger partial charge in [0.15, 0.2) is 0 Å². The molecule has 0 aromatic heterocycles. The fraction of sp³-hybridized carbons (Fsp3) is 0.600. The molecule has 1 heterocycles. The van der Waals surface area contributed by atoms with Crippen LogP contribution in [0.4, 0.5) is 11.4 Å². The van der Waals surface area contributed by atoms with Crippen LogP contribution in [0.5, 0.6) is 0 Å². The van der Waals surface area contributed by atoms with Gasteiger partial charge in [0, 0.05) is 30.4 Å². The van der Waals surface area contributed by atoms with Gasteiger partial charge in [-0.05, 0) is 51.4 Å². The third kappa shape index (κ3) is 4.20. The molecule has 0 amide bonds. The van der Waals surface area contributed by atoms with Crippen molar-refractivity contribution in [1.82, 2.24) is 4.90 Å². The summed E-state index contributed by atoms with van der Waals surface area (Å²) in [4.78, 5) is 13.0. The fourth-order valence-electron chi connectivity index (χ4n) is 2.81. The van der Waals surface area contributed by atoms with E-state index < -0.39 is 0 Å². The lowest BCUT2D eigenvalue weighted by Crippen LogP contribution is -2.38. The Morgan fingerprint density at radius 3 is 2.65 bits per heavy atom. The van der Waals surface area contributed by atoms with E-state index in [2.05, 4.69) is 17.1 Å². The minimum atomic E-state index is -0.340. The van der Waals surface area contributed by atoms with E-state index >= 15 is 0 Å². The minimum absolute atomic E-state index is 0.151. The van der Waals surface area contributed by atoms with Gasteiger partial charge in [0.05, 0.1) is 4.92 Å². The standard InChI is InChI=1S/C15H23N3O2/c1-12-8-14(10-15(9-12)18(19)20)16-13(2)11-17-6-4-3-5-7-17/h8-10,13,16H,3-7,11H2,1-2H3. The molecule has 1 unspecified atom stereocenters. The third-order valence-electron chi connectivity index (χ3n) is 3.67. The number of anilines is 1. The average molecular weight is 277 g/mol. The van der Waals surface area contributed by atoms with Crippen LogP contribution in [-0.2, 0) is 0 Å². The van der Waals surface area contributed by atoms with E-state index in [9.17, 15) is 10.1 Å². The van der Waals surface area contributed by atoms with Gasteiger partial charge in [-0.2, -0.15) is 0 Å². The van der Waals surface area contributed by atoms with Crippen molar-refractivity contribution in [2.24, 2.45) is 0 Å². The van der Waals surface area contributed by atoms with E-state index in [1.807, 2.05) is 13.0 Å². The predicted molar refractivity (Wildman–Crippen MR) is 81.2 cm³/mol. The Balaban J connectivity index is 1.96. The summed E-state index contributed by atoms with van der Waals surface area (Å²) in [5.74, 6) is 0. The molecule has 5 heteroatoms. The molecule has 1 aromatic carbocycles. The zero-order valence-electron chi connectivity index (χ0n) is 12.3. The summed E-state index contributed by atoms with van der Waals surface area (Å²) in [5.41, 5.74) is 1.89. The number of aryl methyl sites for hydroxylation is 1. The number of hydrogen-bond acceptors (Lipinski definition) is 4. The Morgan fingerprint density at radius 2 is 2.00 bits per heavy atom. The number of nitrogens with one attached hydrogen (secondary N) is 1. The second kappa shape index (κ2) is 6.70. The number of benzene rings is 1. The van der Waals surface area contributed by atoms with Crippen molar-refractivity contribution in [1.29, 1.82) is 0 Å². The van der Waals surface area contributed by atoms with Crippen LogP contribution in [0.1, 0.15) is 31.7 Å². The number of piperidine rings is 1. The van der Waals surface area contributed by atoms with Gasteiger partial charge in [-0.25, -0.2) is 0 Å². The molecule has 1 aliphatic rings. The molecule has 1 aliphatic heterocycles. The maximum Gasteiger partial charge on any atom is 0.271 e. The minimum Gasteiger partial charge on any atom is -0.381 e. The van der Waals surface area contributed by atoms with Crippen LogP contribution in [0, 0.1) is 17.0 Å². The number of non-ortho nitro benzene ring substituents is 1. The van der Waals surface area contributed by atoms with Crippen molar-refractivity contribution < 1.29 is 4.92 Å². The van der Waals surface area contributed by atoms with Gasteiger partial charge in [0.1, 0.15) is 0 Å². The van der Waals surface area contributed by atoms with Crippen molar-refractivity contribution in [3.63, 3.8) is 0 Å². The number of likely N-dealkylation sites (tertiary alicyclic amines) is 1. The molecule has 1 aromatic rings. The molecule has 0 aliphatic carbocycles. The van der Waals surface area contributed by atoms with Gasteiger partial charge < -0.3 is 10.2 Å². The Labute approximate surface area is 120 Å². The summed E-state index contributed by atoms with van der Waals surface area (Å²) in [7, 11) is 0. The lowest BCUT2D eigenvalue weighted by atomic mass is 10.1. The van der Waals surface area contributed by atoms with Crippen LogP contribution in [0.15, 0.2) is 18.2 Å². The first-order valence-corrected chi connectivity index (χ1v) is 7.29. The molecule has 1 saturated heterocycles. The second-order valence-electron chi connectivity index (χ2n) is 5.72. The van der Waals surface area contributed by atoms with Crippen molar-refractivity contribution in [2.45, 2.75) is 39.2 Å². The van der Waals surface area contributed by atoms with Gasteiger partial charge in [0.25, 0.3) is 5.69 Å². The average Bonchev–Trinajstić information content (AvgIpc) is 2.38. The number of hydrogen-bond donors (Lipinski definition) is 1. The van der Waals surface area contributed by atoms with Crippen LogP contribution >= 0.6 is 0 Å². The number of nitrogens with zero attached hydrogens (tertiary/aromatic N) is 2. The van der Waals surface area contributed by atoms with Gasteiger partial charge >= 0.3 is 0 Å². The Kier molecular flexibility index (Phi) is 4.95. The lowest BCUT2D eigenvalue weighted by molar-refractivity contribution is -0.384. The molecule has 0 spiro atoms. The van der Waals surface area contributed by atoms with E-state index in [4.69, 9.17) is 0 Å². The fourth-order valence-corrected chi connectivity index (χ4v) is 2.81. The number of nitro benzene ring substituents is 1. The van der Waals surface area contributed by atoms with Crippen molar-refractivity contribution in [3.05, 3.63) is 33.9 Å². The summed E-state index contributed by atoms with van der Waals surface area (Å²) in [5, 5.41) is 14.3. The molecule has 1 fully saturated rings. The van der Waals surface area contributed by atoms with E-state index in [-0.39, 0.29) is 16.7 Å². The highest BCUT2D eigenvalue weighted by atomic mass is 16.6. The molecular weight excluding hydrogens is 254 g/mol. The molecule has 0 saturated carbocycles. The van der Waals surface area contributed by atoms with Crippen molar-refractivity contribution >= 4 is 11.4 Å². The molecule has 110 valence electrons. The quantitative estimate of drug-likeness (QED) is 0.663. The predicted octanol–water partition coefficient (Wildman–Crippen LogP) is 3.19. The first-order chi connectivity index (χ1) is 9.54. The maximum atomic E-state index is 10.9.